The zero-order chi connectivity index (χ0) is 22.7. The van der Waals surface area contributed by atoms with Gasteiger partial charge in [0.05, 0.1) is 23.2 Å². The summed E-state index contributed by atoms with van der Waals surface area (Å²) < 4.78 is 16.5. The van der Waals surface area contributed by atoms with Crippen LogP contribution in [-0.4, -0.2) is 38.8 Å². The summed E-state index contributed by atoms with van der Waals surface area (Å²) in [4.78, 5) is 17.0. The number of nitrogens with one attached hydrogen (secondary N) is 1. The van der Waals surface area contributed by atoms with Crippen LogP contribution in [0, 0.1) is 5.82 Å². The van der Waals surface area contributed by atoms with Crippen LogP contribution in [-0.2, 0) is 12.1 Å². The molecule has 0 aliphatic carbocycles. The van der Waals surface area contributed by atoms with Gasteiger partial charge in [-0.2, -0.15) is 0 Å². The highest BCUT2D eigenvalue weighted by Gasteiger charge is 2.39. The standard InChI is InChI=1S/C25H24FN3O3/c1-2-29-22-15-19(23(31)27-13-14-30)20(26)16-21(22)28-24(29)25(32,17-9-5-3-6-10-17)18-11-7-4-8-12-18/h3-12,15-16,30,32H,2,13-14H2,1H3,(H,27,31). The van der Waals surface area contributed by atoms with Crippen molar-refractivity contribution in [1.82, 2.24) is 14.9 Å². The van der Waals surface area contributed by atoms with Gasteiger partial charge in [0.2, 0.25) is 0 Å². The minimum atomic E-state index is -1.59. The number of rotatable bonds is 7. The van der Waals surface area contributed by atoms with Gasteiger partial charge in [-0.15, -0.1) is 0 Å². The SMILES string of the molecule is CCn1c(C(O)(c2ccccc2)c2ccccc2)nc2cc(F)c(C(=O)NCCO)cc21. The van der Waals surface area contributed by atoms with Crippen molar-refractivity contribution in [2.24, 2.45) is 0 Å². The molecule has 1 heterocycles. The summed E-state index contributed by atoms with van der Waals surface area (Å²) in [5.74, 6) is -1.01. The number of amides is 1. The van der Waals surface area contributed by atoms with Crippen molar-refractivity contribution in [1.29, 1.82) is 0 Å². The molecule has 0 fully saturated rings. The summed E-state index contributed by atoms with van der Waals surface area (Å²) in [6, 6.07) is 21.0. The Hall–Kier alpha value is -3.55. The van der Waals surface area contributed by atoms with Gasteiger partial charge in [-0.1, -0.05) is 60.7 Å². The van der Waals surface area contributed by atoms with E-state index in [1.54, 1.807) is 4.57 Å². The highest BCUT2D eigenvalue weighted by Crippen LogP contribution is 2.38. The number of aryl methyl sites for hydroxylation is 1. The van der Waals surface area contributed by atoms with Crippen LogP contribution in [0.3, 0.4) is 0 Å². The van der Waals surface area contributed by atoms with Crippen LogP contribution in [0.1, 0.15) is 34.2 Å². The molecule has 0 unspecified atom stereocenters. The summed E-state index contributed by atoms with van der Waals surface area (Å²) in [6.45, 7) is 2.12. The van der Waals surface area contributed by atoms with Crippen molar-refractivity contribution in [3.63, 3.8) is 0 Å². The first-order valence-corrected chi connectivity index (χ1v) is 10.4. The Morgan fingerprint density at radius 2 is 1.66 bits per heavy atom. The number of aliphatic hydroxyl groups is 2. The van der Waals surface area contributed by atoms with Gasteiger partial charge in [-0.25, -0.2) is 9.37 Å². The maximum absolute atomic E-state index is 14.7. The molecular formula is C25H24FN3O3. The lowest BCUT2D eigenvalue weighted by molar-refractivity contribution is 0.0941. The fourth-order valence-corrected chi connectivity index (χ4v) is 3.96. The van der Waals surface area contributed by atoms with Crippen molar-refractivity contribution in [2.75, 3.05) is 13.2 Å². The molecule has 32 heavy (non-hydrogen) atoms. The maximum atomic E-state index is 14.7. The molecule has 0 atom stereocenters. The molecule has 0 aliphatic rings. The molecule has 0 saturated carbocycles. The molecule has 0 bridgehead atoms. The minimum absolute atomic E-state index is 0.0242. The molecule has 0 saturated heterocycles. The third kappa shape index (κ3) is 3.66. The number of benzene rings is 3. The Balaban J connectivity index is 1.96. The quantitative estimate of drug-likeness (QED) is 0.418. The van der Waals surface area contributed by atoms with Gasteiger partial charge in [-0.3, -0.25) is 4.79 Å². The Morgan fingerprint density at radius 3 is 2.19 bits per heavy atom. The summed E-state index contributed by atoms with van der Waals surface area (Å²) in [7, 11) is 0. The Kier molecular flexibility index (Phi) is 6.03. The van der Waals surface area contributed by atoms with E-state index < -0.39 is 17.3 Å². The molecule has 3 N–H and O–H groups in total. The molecule has 0 aliphatic heterocycles. The third-order valence-corrected chi connectivity index (χ3v) is 5.50. The van der Waals surface area contributed by atoms with Gasteiger partial charge in [0, 0.05) is 19.2 Å². The topological polar surface area (TPSA) is 87.4 Å². The average Bonchev–Trinajstić information content (AvgIpc) is 3.20. The third-order valence-electron chi connectivity index (χ3n) is 5.50. The molecule has 6 nitrogen and oxygen atoms in total. The normalized spacial score (nSPS) is 11.6. The Labute approximate surface area is 185 Å². The Bertz CT molecular complexity index is 1200. The molecule has 0 spiro atoms. The maximum Gasteiger partial charge on any atom is 0.254 e. The molecule has 3 aromatic carbocycles. The second-order valence-electron chi connectivity index (χ2n) is 7.42. The van der Waals surface area contributed by atoms with E-state index in [2.05, 4.69) is 10.3 Å². The van der Waals surface area contributed by atoms with Gasteiger partial charge in [0.15, 0.2) is 11.4 Å². The number of aliphatic hydroxyl groups excluding tert-OH is 1. The molecule has 1 aromatic heterocycles. The molecular weight excluding hydrogens is 409 g/mol. The fourth-order valence-electron chi connectivity index (χ4n) is 3.96. The van der Waals surface area contributed by atoms with E-state index in [0.29, 0.717) is 34.5 Å². The highest BCUT2D eigenvalue weighted by molar-refractivity contribution is 5.97. The largest absolute Gasteiger partial charge is 0.395 e. The summed E-state index contributed by atoms with van der Waals surface area (Å²) >= 11 is 0. The van der Waals surface area contributed by atoms with Gasteiger partial charge in [0.25, 0.3) is 5.91 Å². The fraction of sp³-hybridized carbons (Fsp3) is 0.200. The van der Waals surface area contributed by atoms with E-state index in [-0.39, 0.29) is 18.7 Å². The van der Waals surface area contributed by atoms with Crippen molar-refractivity contribution < 1.29 is 19.4 Å². The van der Waals surface area contributed by atoms with E-state index in [0.717, 1.165) is 0 Å². The number of halogens is 1. The molecule has 7 heteroatoms. The van der Waals surface area contributed by atoms with Crippen molar-refractivity contribution in [3.8, 4) is 0 Å². The van der Waals surface area contributed by atoms with Crippen LogP contribution in [0.5, 0.6) is 0 Å². The van der Waals surface area contributed by atoms with Crippen molar-refractivity contribution in [3.05, 3.63) is 101 Å². The number of carbonyl (C=O) groups is 1. The van der Waals surface area contributed by atoms with Crippen LogP contribution in [0.2, 0.25) is 0 Å². The molecule has 4 rings (SSSR count). The van der Waals surface area contributed by atoms with Crippen LogP contribution < -0.4 is 5.32 Å². The minimum Gasteiger partial charge on any atom is -0.395 e. The zero-order valence-electron chi connectivity index (χ0n) is 17.6. The Morgan fingerprint density at radius 1 is 1.06 bits per heavy atom. The van der Waals surface area contributed by atoms with Crippen LogP contribution >= 0.6 is 0 Å². The average molecular weight is 433 g/mol. The first-order chi connectivity index (χ1) is 15.5. The van der Waals surface area contributed by atoms with Crippen molar-refractivity contribution >= 4 is 16.9 Å². The summed E-state index contributed by atoms with van der Waals surface area (Å²) in [5.41, 5.74) is 0.379. The summed E-state index contributed by atoms with van der Waals surface area (Å²) in [5, 5.41) is 23.5. The van der Waals surface area contributed by atoms with Crippen LogP contribution in [0.4, 0.5) is 4.39 Å². The smallest absolute Gasteiger partial charge is 0.254 e. The number of fused-ring (bicyclic) bond motifs is 1. The second kappa shape index (κ2) is 8.90. The highest BCUT2D eigenvalue weighted by atomic mass is 19.1. The van der Waals surface area contributed by atoms with Gasteiger partial charge in [-0.05, 0) is 24.1 Å². The lowest BCUT2D eigenvalue weighted by atomic mass is 9.85. The number of hydrogen-bond donors (Lipinski definition) is 3. The number of hydrogen-bond acceptors (Lipinski definition) is 4. The number of nitrogens with zero attached hydrogens (tertiary/aromatic N) is 2. The van der Waals surface area contributed by atoms with Gasteiger partial charge < -0.3 is 20.1 Å². The molecule has 4 aromatic rings. The number of aromatic nitrogens is 2. The van der Waals surface area contributed by atoms with Gasteiger partial charge >= 0.3 is 0 Å². The second-order valence-corrected chi connectivity index (χ2v) is 7.42. The van der Waals surface area contributed by atoms with E-state index in [9.17, 15) is 14.3 Å². The molecule has 1 amide bonds. The van der Waals surface area contributed by atoms with E-state index in [1.807, 2.05) is 67.6 Å². The molecule has 0 radical (unpaired) electrons. The van der Waals surface area contributed by atoms with Crippen molar-refractivity contribution in [2.45, 2.75) is 19.1 Å². The predicted octanol–water partition coefficient (Wildman–Crippen LogP) is 3.20. The lowest BCUT2D eigenvalue weighted by Crippen LogP contribution is -2.32. The first-order valence-electron chi connectivity index (χ1n) is 10.4. The lowest BCUT2D eigenvalue weighted by Gasteiger charge is -2.29. The zero-order valence-corrected chi connectivity index (χ0v) is 17.6. The summed E-state index contributed by atoms with van der Waals surface area (Å²) in [6.07, 6.45) is 0. The van der Waals surface area contributed by atoms with E-state index in [1.165, 1.54) is 12.1 Å². The number of imidazole rings is 1. The number of carbonyl (C=O) groups excluding carboxylic acids is 1. The van der Waals surface area contributed by atoms with E-state index in [4.69, 9.17) is 5.11 Å². The van der Waals surface area contributed by atoms with Gasteiger partial charge in [0.1, 0.15) is 5.82 Å². The monoisotopic (exact) mass is 433 g/mol. The first kappa shape index (κ1) is 21.7. The van der Waals surface area contributed by atoms with E-state index >= 15 is 0 Å². The van der Waals surface area contributed by atoms with Crippen LogP contribution in [0.15, 0.2) is 72.8 Å². The predicted molar refractivity (Wildman–Crippen MR) is 120 cm³/mol. The van der Waals surface area contributed by atoms with Crippen LogP contribution in [0.25, 0.3) is 11.0 Å². The molecule has 164 valence electrons.